The molecule has 22 heavy (non-hydrogen) atoms. The van der Waals surface area contributed by atoms with Gasteiger partial charge < -0.3 is 0 Å². The van der Waals surface area contributed by atoms with E-state index in [0.717, 1.165) is 30.8 Å². The van der Waals surface area contributed by atoms with Gasteiger partial charge in [0.2, 0.25) is 0 Å². The van der Waals surface area contributed by atoms with E-state index in [2.05, 4.69) is 4.90 Å². The molecule has 4 heteroatoms. The lowest BCUT2D eigenvalue weighted by Gasteiger charge is -2.17. The Morgan fingerprint density at radius 1 is 1.00 bits per heavy atom. The number of halogens is 2. The number of carbonyl (C=O) groups excluding carboxylic acids is 1. The average molecular weight is 301 g/mol. The van der Waals surface area contributed by atoms with Gasteiger partial charge in [-0.05, 0) is 43.6 Å². The molecule has 1 aliphatic rings. The molecule has 1 heterocycles. The van der Waals surface area contributed by atoms with Gasteiger partial charge in [-0.25, -0.2) is 8.78 Å². The van der Waals surface area contributed by atoms with Gasteiger partial charge in [0, 0.05) is 18.2 Å². The second-order valence-electron chi connectivity index (χ2n) is 5.59. The van der Waals surface area contributed by atoms with Crippen LogP contribution in [-0.2, 0) is 6.54 Å². The Morgan fingerprint density at radius 3 is 2.45 bits per heavy atom. The van der Waals surface area contributed by atoms with Crippen molar-refractivity contribution in [3.05, 3.63) is 70.8 Å². The van der Waals surface area contributed by atoms with Crippen LogP contribution in [0, 0.1) is 11.6 Å². The second-order valence-corrected chi connectivity index (χ2v) is 5.59. The van der Waals surface area contributed by atoms with Crippen LogP contribution >= 0.6 is 0 Å². The van der Waals surface area contributed by atoms with Crippen LogP contribution in [0.1, 0.15) is 34.3 Å². The molecule has 0 atom stereocenters. The molecule has 0 saturated carbocycles. The molecule has 3 rings (SSSR count). The van der Waals surface area contributed by atoms with Crippen molar-refractivity contribution < 1.29 is 13.6 Å². The van der Waals surface area contributed by atoms with E-state index in [4.69, 9.17) is 0 Å². The Hall–Kier alpha value is -2.07. The SMILES string of the molecule is O=C(c1ccc(F)cc1F)c1ccccc1CN1CCCC1. The lowest BCUT2D eigenvalue weighted by atomic mass is 9.97. The largest absolute Gasteiger partial charge is 0.299 e. The van der Waals surface area contributed by atoms with Crippen LogP contribution in [-0.4, -0.2) is 23.8 Å². The summed E-state index contributed by atoms with van der Waals surface area (Å²) in [6, 6.07) is 10.3. The molecule has 2 aromatic carbocycles. The highest BCUT2D eigenvalue weighted by atomic mass is 19.1. The number of hydrogen-bond donors (Lipinski definition) is 0. The molecule has 0 N–H and O–H groups in total. The summed E-state index contributed by atoms with van der Waals surface area (Å²) >= 11 is 0. The zero-order valence-corrected chi connectivity index (χ0v) is 12.2. The summed E-state index contributed by atoms with van der Waals surface area (Å²) in [5.41, 5.74) is 1.29. The first-order valence-corrected chi connectivity index (χ1v) is 7.45. The van der Waals surface area contributed by atoms with Crippen molar-refractivity contribution in [2.45, 2.75) is 19.4 Å². The van der Waals surface area contributed by atoms with Gasteiger partial charge in [-0.1, -0.05) is 24.3 Å². The van der Waals surface area contributed by atoms with Crippen molar-refractivity contribution in [3.8, 4) is 0 Å². The molecule has 114 valence electrons. The fourth-order valence-corrected chi connectivity index (χ4v) is 2.88. The van der Waals surface area contributed by atoms with Crippen molar-refractivity contribution in [1.29, 1.82) is 0 Å². The lowest BCUT2D eigenvalue weighted by Crippen LogP contribution is -2.20. The fourth-order valence-electron chi connectivity index (χ4n) is 2.88. The van der Waals surface area contributed by atoms with Gasteiger partial charge in [-0.3, -0.25) is 9.69 Å². The number of hydrogen-bond acceptors (Lipinski definition) is 2. The highest BCUT2D eigenvalue weighted by Gasteiger charge is 2.19. The van der Waals surface area contributed by atoms with Crippen LogP contribution in [0.2, 0.25) is 0 Å². The van der Waals surface area contributed by atoms with Crippen molar-refractivity contribution >= 4 is 5.78 Å². The normalized spacial score (nSPS) is 15.2. The maximum atomic E-state index is 13.9. The number of likely N-dealkylation sites (tertiary alicyclic amines) is 1. The number of rotatable bonds is 4. The van der Waals surface area contributed by atoms with Crippen LogP contribution < -0.4 is 0 Å². The summed E-state index contributed by atoms with van der Waals surface area (Å²) in [7, 11) is 0. The smallest absolute Gasteiger partial charge is 0.196 e. The van der Waals surface area contributed by atoms with E-state index >= 15 is 0 Å². The molecular formula is C18H17F2NO. The number of nitrogens with zero attached hydrogens (tertiary/aromatic N) is 1. The van der Waals surface area contributed by atoms with Gasteiger partial charge in [0.1, 0.15) is 11.6 Å². The summed E-state index contributed by atoms with van der Waals surface area (Å²) in [6.45, 7) is 2.73. The lowest BCUT2D eigenvalue weighted by molar-refractivity contribution is 0.103. The first kappa shape index (κ1) is 14.9. The Labute approximate surface area is 128 Å². The second kappa shape index (κ2) is 6.36. The zero-order chi connectivity index (χ0) is 15.5. The Balaban J connectivity index is 1.91. The Kier molecular flexibility index (Phi) is 4.29. The molecule has 1 aliphatic heterocycles. The average Bonchev–Trinajstić information content (AvgIpc) is 3.00. The van der Waals surface area contributed by atoms with Crippen molar-refractivity contribution in [3.63, 3.8) is 0 Å². The van der Waals surface area contributed by atoms with E-state index < -0.39 is 17.4 Å². The topological polar surface area (TPSA) is 20.3 Å². The van der Waals surface area contributed by atoms with E-state index in [1.165, 1.54) is 18.9 Å². The van der Waals surface area contributed by atoms with E-state index in [0.29, 0.717) is 12.1 Å². The number of ketones is 1. The van der Waals surface area contributed by atoms with Gasteiger partial charge in [-0.15, -0.1) is 0 Å². The van der Waals surface area contributed by atoms with Crippen LogP contribution in [0.5, 0.6) is 0 Å². The number of benzene rings is 2. The Bertz CT molecular complexity index is 693. The first-order chi connectivity index (χ1) is 10.6. The molecule has 0 aliphatic carbocycles. The molecule has 2 nitrogen and oxygen atoms in total. The summed E-state index contributed by atoms with van der Waals surface area (Å²) in [4.78, 5) is 14.9. The van der Waals surface area contributed by atoms with Crippen LogP contribution in [0.25, 0.3) is 0 Å². The minimum absolute atomic E-state index is 0.0877. The van der Waals surface area contributed by atoms with E-state index in [1.807, 2.05) is 12.1 Å². The summed E-state index contributed by atoms with van der Waals surface area (Å²) in [6.07, 6.45) is 2.34. The molecule has 1 fully saturated rings. The molecule has 0 aromatic heterocycles. The van der Waals surface area contributed by atoms with Crippen molar-refractivity contribution in [1.82, 2.24) is 4.90 Å². The highest BCUT2D eigenvalue weighted by molar-refractivity contribution is 6.10. The summed E-state index contributed by atoms with van der Waals surface area (Å²) in [5, 5.41) is 0. The highest BCUT2D eigenvalue weighted by Crippen LogP contribution is 2.20. The molecule has 0 spiro atoms. The van der Waals surface area contributed by atoms with Crippen molar-refractivity contribution in [2.75, 3.05) is 13.1 Å². The molecule has 1 saturated heterocycles. The third kappa shape index (κ3) is 3.07. The van der Waals surface area contributed by atoms with Gasteiger partial charge >= 0.3 is 0 Å². The van der Waals surface area contributed by atoms with Gasteiger partial charge in [0.15, 0.2) is 5.78 Å². The van der Waals surface area contributed by atoms with E-state index in [-0.39, 0.29) is 5.56 Å². The predicted molar refractivity (Wildman–Crippen MR) is 80.7 cm³/mol. The summed E-state index contributed by atoms with van der Waals surface area (Å²) in [5.74, 6) is -1.90. The standard InChI is InChI=1S/C18H17F2NO/c19-14-7-8-16(17(20)11-14)18(22)15-6-2-1-5-13(15)12-21-9-3-4-10-21/h1-2,5-8,11H,3-4,9-10,12H2. The van der Waals surface area contributed by atoms with Crippen LogP contribution in [0.15, 0.2) is 42.5 Å². The maximum absolute atomic E-state index is 13.9. The predicted octanol–water partition coefficient (Wildman–Crippen LogP) is 3.79. The monoisotopic (exact) mass is 301 g/mol. The van der Waals surface area contributed by atoms with E-state index in [9.17, 15) is 13.6 Å². The van der Waals surface area contributed by atoms with Gasteiger partial charge in [0.05, 0.1) is 5.56 Å². The zero-order valence-electron chi connectivity index (χ0n) is 12.2. The number of carbonyl (C=O) groups is 1. The third-order valence-corrected chi connectivity index (χ3v) is 4.03. The molecule has 0 amide bonds. The molecule has 0 bridgehead atoms. The molecule has 2 aromatic rings. The minimum Gasteiger partial charge on any atom is -0.299 e. The summed E-state index contributed by atoms with van der Waals surface area (Å²) < 4.78 is 26.9. The Morgan fingerprint density at radius 2 is 1.73 bits per heavy atom. The third-order valence-electron chi connectivity index (χ3n) is 4.03. The van der Waals surface area contributed by atoms with Gasteiger partial charge in [0.25, 0.3) is 0 Å². The fraction of sp³-hybridized carbons (Fsp3) is 0.278. The molecule has 0 unspecified atom stereocenters. The van der Waals surface area contributed by atoms with E-state index in [1.54, 1.807) is 12.1 Å². The quantitative estimate of drug-likeness (QED) is 0.801. The van der Waals surface area contributed by atoms with Crippen LogP contribution in [0.4, 0.5) is 8.78 Å². The van der Waals surface area contributed by atoms with Crippen LogP contribution in [0.3, 0.4) is 0 Å². The minimum atomic E-state index is -0.819. The maximum Gasteiger partial charge on any atom is 0.196 e. The first-order valence-electron chi connectivity index (χ1n) is 7.45. The van der Waals surface area contributed by atoms with Crippen molar-refractivity contribution in [2.24, 2.45) is 0 Å². The molecular weight excluding hydrogens is 284 g/mol. The van der Waals surface area contributed by atoms with Gasteiger partial charge in [-0.2, -0.15) is 0 Å². The molecule has 0 radical (unpaired) electrons.